The summed E-state index contributed by atoms with van der Waals surface area (Å²) in [7, 11) is 0. The van der Waals surface area contributed by atoms with Gasteiger partial charge in [-0.15, -0.1) is 0 Å². The fraction of sp³-hybridized carbons (Fsp3) is 0.462. The third kappa shape index (κ3) is 3.73. The summed E-state index contributed by atoms with van der Waals surface area (Å²) in [4.78, 5) is 11.8. The summed E-state index contributed by atoms with van der Waals surface area (Å²) in [6.07, 6.45) is -4.53. The van der Waals surface area contributed by atoms with Crippen LogP contribution in [0.1, 0.15) is 31.9 Å². The molecule has 0 aliphatic rings. The van der Waals surface area contributed by atoms with Crippen molar-refractivity contribution in [3.05, 3.63) is 34.3 Å². The highest BCUT2D eigenvalue weighted by Gasteiger charge is 2.33. The van der Waals surface area contributed by atoms with Crippen LogP contribution in [-0.2, 0) is 17.4 Å². The molecule has 0 saturated carbocycles. The van der Waals surface area contributed by atoms with Gasteiger partial charge in [-0.25, -0.2) is 0 Å². The molecule has 0 amide bonds. The lowest BCUT2D eigenvalue weighted by Crippen LogP contribution is -2.22. The third-order valence-electron chi connectivity index (χ3n) is 2.54. The van der Waals surface area contributed by atoms with Gasteiger partial charge in [0.2, 0.25) is 0 Å². The van der Waals surface area contributed by atoms with Gasteiger partial charge in [0.1, 0.15) is 5.78 Å². The van der Waals surface area contributed by atoms with Crippen molar-refractivity contribution in [2.75, 3.05) is 0 Å². The summed E-state index contributed by atoms with van der Waals surface area (Å²) < 4.78 is 37.9. The van der Waals surface area contributed by atoms with E-state index in [2.05, 4.69) is 0 Å². The molecule has 1 aromatic carbocycles. The number of carbonyl (C=O) groups is 1. The minimum atomic E-state index is -4.50. The van der Waals surface area contributed by atoms with Crippen molar-refractivity contribution in [1.29, 1.82) is 0 Å². The largest absolute Gasteiger partial charge is 0.417 e. The van der Waals surface area contributed by atoms with Crippen LogP contribution in [-0.4, -0.2) is 5.78 Å². The average molecular weight is 279 g/mol. The number of hydrogen-bond acceptors (Lipinski definition) is 1. The van der Waals surface area contributed by atoms with Crippen LogP contribution in [0.3, 0.4) is 0 Å². The molecule has 0 saturated heterocycles. The maximum Gasteiger partial charge on any atom is 0.417 e. The molecule has 0 radical (unpaired) electrons. The van der Waals surface area contributed by atoms with E-state index in [0.29, 0.717) is 5.56 Å². The van der Waals surface area contributed by atoms with Gasteiger partial charge in [0.25, 0.3) is 0 Å². The summed E-state index contributed by atoms with van der Waals surface area (Å²) in [6.45, 7) is 5.20. The smallest absolute Gasteiger partial charge is 0.299 e. The molecule has 0 fully saturated rings. The molecule has 0 aliphatic carbocycles. The predicted molar refractivity (Wildman–Crippen MR) is 64.6 cm³/mol. The quantitative estimate of drug-likeness (QED) is 0.777. The highest BCUT2D eigenvalue weighted by atomic mass is 35.5. The number of hydrogen-bond donors (Lipinski definition) is 0. The summed E-state index contributed by atoms with van der Waals surface area (Å²) >= 11 is 5.50. The number of ketones is 1. The summed E-state index contributed by atoms with van der Waals surface area (Å²) in [6, 6.07) is 3.56. The molecule has 5 heteroatoms. The molecular formula is C13H14ClF3O. The summed E-state index contributed by atoms with van der Waals surface area (Å²) in [5.41, 5.74) is -1.15. The molecule has 0 N–H and O–H groups in total. The van der Waals surface area contributed by atoms with Gasteiger partial charge in [-0.2, -0.15) is 13.2 Å². The van der Waals surface area contributed by atoms with Gasteiger partial charge in [0.05, 0.1) is 10.6 Å². The van der Waals surface area contributed by atoms with Crippen molar-refractivity contribution in [1.82, 2.24) is 0 Å². The molecular weight excluding hydrogens is 265 g/mol. The Kier molecular flexibility index (Phi) is 4.11. The van der Waals surface area contributed by atoms with Crippen LogP contribution < -0.4 is 0 Å². The van der Waals surface area contributed by atoms with E-state index < -0.39 is 17.2 Å². The Morgan fingerprint density at radius 2 is 1.78 bits per heavy atom. The van der Waals surface area contributed by atoms with Gasteiger partial charge in [0, 0.05) is 11.8 Å². The number of Topliss-reactive ketones (excluding diaryl/α,β-unsaturated/α-hetero) is 1. The Labute approximate surface area is 109 Å². The van der Waals surface area contributed by atoms with E-state index in [-0.39, 0.29) is 17.2 Å². The summed E-state index contributed by atoms with van der Waals surface area (Å²) in [5, 5.41) is -0.352. The van der Waals surface area contributed by atoms with E-state index in [9.17, 15) is 18.0 Å². The average Bonchev–Trinajstić information content (AvgIpc) is 2.17. The molecule has 0 spiro atoms. The predicted octanol–water partition coefficient (Wildman–Crippen LogP) is 4.52. The Morgan fingerprint density at radius 1 is 1.22 bits per heavy atom. The normalized spacial score (nSPS) is 12.6. The molecule has 18 heavy (non-hydrogen) atoms. The first kappa shape index (κ1) is 15.0. The number of halogens is 4. The first-order chi connectivity index (χ1) is 8.01. The van der Waals surface area contributed by atoms with E-state index in [4.69, 9.17) is 11.6 Å². The molecule has 0 heterocycles. The maximum atomic E-state index is 12.6. The zero-order chi connectivity index (χ0) is 14.1. The molecule has 1 rings (SSSR count). The van der Waals surface area contributed by atoms with E-state index >= 15 is 0 Å². The van der Waals surface area contributed by atoms with Crippen molar-refractivity contribution in [3.63, 3.8) is 0 Å². The van der Waals surface area contributed by atoms with Crippen molar-refractivity contribution >= 4 is 17.4 Å². The number of rotatable bonds is 2. The molecule has 0 bridgehead atoms. The first-order valence-electron chi connectivity index (χ1n) is 5.41. The fourth-order valence-corrected chi connectivity index (χ4v) is 1.57. The Bertz CT molecular complexity index is 458. The third-order valence-corrected chi connectivity index (χ3v) is 2.87. The molecule has 0 aliphatic heterocycles. The molecule has 1 aromatic rings. The fourth-order valence-electron chi connectivity index (χ4n) is 1.35. The van der Waals surface area contributed by atoms with Crippen molar-refractivity contribution < 1.29 is 18.0 Å². The lowest BCUT2D eigenvalue weighted by atomic mass is 9.87. The minimum Gasteiger partial charge on any atom is -0.299 e. The van der Waals surface area contributed by atoms with Crippen LogP contribution in [0.15, 0.2) is 18.2 Å². The van der Waals surface area contributed by atoms with Gasteiger partial charge < -0.3 is 0 Å². The molecule has 1 nitrogen and oxygen atoms in total. The highest BCUT2D eigenvalue weighted by Crippen LogP contribution is 2.35. The molecule has 0 atom stereocenters. The monoisotopic (exact) mass is 278 g/mol. The van der Waals surface area contributed by atoms with Crippen molar-refractivity contribution in [2.24, 2.45) is 5.41 Å². The SMILES string of the molecule is CC(C)(C)C(=O)Cc1ccc(Cl)c(C(F)(F)F)c1. The van der Waals surface area contributed by atoms with Crippen LogP contribution >= 0.6 is 11.6 Å². The molecule has 0 aromatic heterocycles. The van der Waals surface area contributed by atoms with Crippen LogP contribution in [0.5, 0.6) is 0 Å². The van der Waals surface area contributed by atoms with Crippen LogP contribution in [0.2, 0.25) is 5.02 Å². The van der Waals surface area contributed by atoms with Crippen LogP contribution in [0.4, 0.5) is 13.2 Å². The number of benzene rings is 1. The van der Waals surface area contributed by atoms with Crippen LogP contribution in [0.25, 0.3) is 0 Å². The second-order valence-corrected chi connectivity index (χ2v) is 5.57. The minimum absolute atomic E-state index is 0.0241. The Morgan fingerprint density at radius 3 is 2.22 bits per heavy atom. The number of alkyl halides is 3. The topological polar surface area (TPSA) is 17.1 Å². The molecule has 100 valence electrons. The van der Waals surface area contributed by atoms with Gasteiger partial charge >= 0.3 is 6.18 Å². The van der Waals surface area contributed by atoms with Crippen LogP contribution in [0, 0.1) is 5.41 Å². The van der Waals surface area contributed by atoms with Gasteiger partial charge in [-0.05, 0) is 17.7 Å². The first-order valence-corrected chi connectivity index (χ1v) is 5.78. The maximum absolute atomic E-state index is 12.6. The van der Waals surface area contributed by atoms with E-state index in [0.717, 1.165) is 6.07 Å². The standard InChI is InChI=1S/C13H14ClF3O/c1-12(2,3)11(18)7-8-4-5-10(14)9(6-8)13(15,16)17/h4-6H,7H2,1-3H3. The zero-order valence-corrected chi connectivity index (χ0v) is 11.1. The van der Waals surface area contributed by atoms with E-state index in [1.54, 1.807) is 20.8 Å². The Balaban J connectivity index is 3.04. The highest BCUT2D eigenvalue weighted by molar-refractivity contribution is 6.31. The van der Waals surface area contributed by atoms with E-state index in [1.165, 1.54) is 12.1 Å². The van der Waals surface area contributed by atoms with Crippen molar-refractivity contribution in [3.8, 4) is 0 Å². The number of carbonyl (C=O) groups excluding carboxylic acids is 1. The lowest BCUT2D eigenvalue weighted by Gasteiger charge is -2.17. The molecule has 0 unspecified atom stereocenters. The second-order valence-electron chi connectivity index (χ2n) is 5.16. The second kappa shape index (κ2) is 4.92. The van der Waals surface area contributed by atoms with Gasteiger partial charge in [-0.1, -0.05) is 38.4 Å². The van der Waals surface area contributed by atoms with Gasteiger partial charge in [-0.3, -0.25) is 4.79 Å². The van der Waals surface area contributed by atoms with E-state index in [1.807, 2.05) is 0 Å². The van der Waals surface area contributed by atoms with Gasteiger partial charge in [0.15, 0.2) is 0 Å². The zero-order valence-electron chi connectivity index (χ0n) is 10.4. The summed E-state index contributed by atoms with van der Waals surface area (Å²) in [5.74, 6) is -0.113. The lowest BCUT2D eigenvalue weighted by molar-refractivity contribution is -0.137. The van der Waals surface area contributed by atoms with Crippen molar-refractivity contribution in [2.45, 2.75) is 33.4 Å². The Hall–Kier alpha value is -1.03.